The number of hydrogen-bond acceptors (Lipinski definition) is 4. The third-order valence-corrected chi connectivity index (χ3v) is 3.64. The van der Waals surface area contributed by atoms with E-state index in [1.165, 1.54) is 12.8 Å². The van der Waals surface area contributed by atoms with E-state index < -0.39 is 0 Å². The molecule has 0 atom stereocenters. The lowest BCUT2D eigenvalue weighted by Crippen LogP contribution is -2.26. The number of benzene rings is 1. The molecule has 0 saturated carbocycles. The molecule has 4 nitrogen and oxygen atoms in total. The summed E-state index contributed by atoms with van der Waals surface area (Å²) in [6.45, 7) is 3.91. The Bertz CT molecular complexity index is 466. The summed E-state index contributed by atoms with van der Waals surface area (Å²) in [4.78, 5) is 14.4. The number of Topliss-reactive ketones (excluding diaryl/α,β-unsaturated/α-hetero) is 1. The molecule has 0 bridgehead atoms. The lowest BCUT2D eigenvalue weighted by molar-refractivity contribution is 0.0945. The van der Waals surface area contributed by atoms with E-state index in [9.17, 15) is 4.79 Å². The van der Waals surface area contributed by atoms with Gasteiger partial charge in [0.05, 0.1) is 19.8 Å². The van der Waals surface area contributed by atoms with Crippen molar-refractivity contribution < 1.29 is 14.3 Å². The van der Waals surface area contributed by atoms with Gasteiger partial charge >= 0.3 is 0 Å². The van der Waals surface area contributed by atoms with Crippen molar-refractivity contribution in [3.8, 4) is 11.5 Å². The van der Waals surface area contributed by atoms with Crippen molar-refractivity contribution in [3.63, 3.8) is 0 Å². The molecule has 0 amide bonds. The number of likely N-dealkylation sites (tertiary alicyclic amines) is 1. The van der Waals surface area contributed by atoms with Crippen LogP contribution in [0.2, 0.25) is 0 Å². The van der Waals surface area contributed by atoms with E-state index in [1.54, 1.807) is 0 Å². The molecule has 0 radical (unpaired) electrons. The fourth-order valence-corrected chi connectivity index (χ4v) is 2.57. The molecule has 3 rings (SSSR count). The Labute approximate surface area is 113 Å². The second-order valence-corrected chi connectivity index (χ2v) is 5.12. The van der Waals surface area contributed by atoms with Gasteiger partial charge in [-0.25, -0.2) is 0 Å². The van der Waals surface area contributed by atoms with E-state index in [1.807, 2.05) is 18.2 Å². The van der Waals surface area contributed by atoms with E-state index in [4.69, 9.17) is 9.47 Å². The molecule has 1 saturated heterocycles. The Morgan fingerprint density at radius 1 is 1.05 bits per heavy atom. The van der Waals surface area contributed by atoms with Gasteiger partial charge in [0.15, 0.2) is 17.3 Å². The minimum atomic E-state index is 0.164. The average Bonchev–Trinajstić information content (AvgIpc) is 2.81. The minimum Gasteiger partial charge on any atom is -0.490 e. The number of hydrogen-bond donors (Lipinski definition) is 0. The third-order valence-electron chi connectivity index (χ3n) is 3.64. The maximum absolute atomic E-state index is 12.2. The highest BCUT2D eigenvalue weighted by Gasteiger charge is 2.18. The van der Waals surface area contributed by atoms with Gasteiger partial charge in [-0.05, 0) is 44.1 Å². The van der Waals surface area contributed by atoms with E-state index in [0.717, 1.165) is 30.8 Å². The van der Waals surface area contributed by atoms with Crippen LogP contribution < -0.4 is 9.47 Å². The van der Waals surface area contributed by atoms with Crippen LogP contribution in [0.1, 0.15) is 29.6 Å². The highest BCUT2D eigenvalue weighted by Crippen LogP contribution is 2.30. The van der Waals surface area contributed by atoms with Crippen molar-refractivity contribution in [1.29, 1.82) is 0 Å². The quantitative estimate of drug-likeness (QED) is 0.781. The molecule has 1 fully saturated rings. The zero-order valence-corrected chi connectivity index (χ0v) is 11.1. The lowest BCUT2D eigenvalue weighted by Gasteiger charge is -2.14. The Morgan fingerprint density at radius 3 is 2.58 bits per heavy atom. The van der Waals surface area contributed by atoms with Gasteiger partial charge in [-0.1, -0.05) is 0 Å². The Hall–Kier alpha value is -1.55. The first kappa shape index (κ1) is 12.5. The molecule has 1 aromatic rings. The fourth-order valence-electron chi connectivity index (χ4n) is 2.57. The van der Waals surface area contributed by atoms with Gasteiger partial charge in [0, 0.05) is 12.0 Å². The Balaban J connectivity index is 1.73. The number of ether oxygens (including phenoxy) is 2. The summed E-state index contributed by atoms with van der Waals surface area (Å²) in [5.74, 6) is 1.61. The third kappa shape index (κ3) is 2.89. The molecule has 2 aliphatic heterocycles. The van der Waals surface area contributed by atoms with Crippen LogP contribution in [0.15, 0.2) is 18.2 Å². The molecule has 0 N–H and O–H groups in total. The van der Waals surface area contributed by atoms with Crippen molar-refractivity contribution in [2.75, 3.05) is 32.8 Å². The topological polar surface area (TPSA) is 38.8 Å². The first-order valence-electron chi connectivity index (χ1n) is 6.98. The normalized spacial score (nSPS) is 19.2. The zero-order chi connectivity index (χ0) is 13.1. The Morgan fingerprint density at radius 2 is 1.79 bits per heavy atom. The standard InChI is InChI=1S/C15H19NO3/c17-13(11-16-6-1-2-7-16)12-4-5-14-15(10-12)19-9-3-8-18-14/h4-5,10H,1-3,6-9,11H2. The van der Waals surface area contributed by atoms with Crippen LogP contribution in [0.3, 0.4) is 0 Å². The van der Waals surface area contributed by atoms with E-state index in [2.05, 4.69) is 4.90 Å². The first-order chi connectivity index (χ1) is 9.33. The van der Waals surface area contributed by atoms with Crippen LogP contribution >= 0.6 is 0 Å². The molecular formula is C15H19NO3. The van der Waals surface area contributed by atoms with Crippen LogP contribution in [0.5, 0.6) is 11.5 Å². The molecule has 2 aliphatic rings. The number of fused-ring (bicyclic) bond motifs is 1. The number of ketones is 1. The number of rotatable bonds is 3. The lowest BCUT2D eigenvalue weighted by atomic mass is 10.1. The van der Waals surface area contributed by atoms with Crippen LogP contribution in [0.25, 0.3) is 0 Å². The van der Waals surface area contributed by atoms with Gasteiger partial charge in [0.25, 0.3) is 0 Å². The first-order valence-corrected chi connectivity index (χ1v) is 6.98. The van der Waals surface area contributed by atoms with Crippen LogP contribution in [-0.4, -0.2) is 43.5 Å². The molecule has 0 aromatic heterocycles. The molecular weight excluding hydrogens is 242 g/mol. The van der Waals surface area contributed by atoms with Crippen LogP contribution in [0, 0.1) is 0 Å². The van der Waals surface area contributed by atoms with Crippen molar-refractivity contribution in [3.05, 3.63) is 23.8 Å². The SMILES string of the molecule is O=C(CN1CCCC1)c1ccc2c(c1)OCCCO2. The second kappa shape index (κ2) is 5.61. The van der Waals surface area contributed by atoms with Crippen LogP contribution in [-0.2, 0) is 0 Å². The van der Waals surface area contributed by atoms with Crippen molar-refractivity contribution in [1.82, 2.24) is 4.90 Å². The summed E-state index contributed by atoms with van der Waals surface area (Å²) in [5.41, 5.74) is 0.719. The van der Waals surface area contributed by atoms with Gasteiger partial charge in [-0.3, -0.25) is 9.69 Å². The molecule has 1 aromatic carbocycles. The average molecular weight is 261 g/mol. The molecule has 2 heterocycles. The van der Waals surface area contributed by atoms with E-state index >= 15 is 0 Å². The largest absolute Gasteiger partial charge is 0.490 e. The highest BCUT2D eigenvalue weighted by molar-refractivity contribution is 5.98. The van der Waals surface area contributed by atoms with Crippen molar-refractivity contribution in [2.45, 2.75) is 19.3 Å². The predicted octanol–water partition coefficient (Wildman–Crippen LogP) is 2.13. The predicted molar refractivity (Wildman–Crippen MR) is 72.1 cm³/mol. The number of carbonyl (C=O) groups is 1. The molecule has 4 heteroatoms. The number of carbonyl (C=O) groups excluding carboxylic acids is 1. The molecule has 0 spiro atoms. The van der Waals surface area contributed by atoms with Crippen LogP contribution in [0.4, 0.5) is 0 Å². The van der Waals surface area contributed by atoms with Gasteiger partial charge < -0.3 is 9.47 Å². The summed E-state index contributed by atoms with van der Waals surface area (Å²) < 4.78 is 11.2. The smallest absolute Gasteiger partial charge is 0.176 e. The van der Waals surface area contributed by atoms with Gasteiger partial charge in [0.2, 0.25) is 0 Å². The zero-order valence-electron chi connectivity index (χ0n) is 11.1. The fraction of sp³-hybridized carbons (Fsp3) is 0.533. The maximum Gasteiger partial charge on any atom is 0.176 e. The van der Waals surface area contributed by atoms with E-state index in [-0.39, 0.29) is 5.78 Å². The van der Waals surface area contributed by atoms with Crippen molar-refractivity contribution >= 4 is 5.78 Å². The van der Waals surface area contributed by atoms with Gasteiger partial charge in [-0.15, -0.1) is 0 Å². The summed E-state index contributed by atoms with van der Waals surface area (Å²) in [6.07, 6.45) is 3.29. The second-order valence-electron chi connectivity index (χ2n) is 5.12. The Kier molecular flexibility index (Phi) is 3.69. The monoisotopic (exact) mass is 261 g/mol. The molecule has 102 valence electrons. The highest BCUT2D eigenvalue weighted by atomic mass is 16.5. The molecule has 19 heavy (non-hydrogen) atoms. The van der Waals surface area contributed by atoms with E-state index in [0.29, 0.717) is 25.5 Å². The molecule has 0 aliphatic carbocycles. The van der Waals surface area contributed by atoms with Gasteiger partial charge in [0.1, 0.15) is 0 Å². The summed E-state index contributed by atoms with van der Waals surface area (Å²) in [7, 11) is 0. The van der Waals surface area contributed by atoms with Crippen molar-refractivity contribution in [2.24, 2.45) is 0 Å². The molecule has 0 unspecified atom stereocenters. The minimum absolute atomic E-state index is 0.164. The summed E-state index contributed by atoms with van der Waals surface area (Å²) in [6, 6.07) is 5.50. The maximum atomic E-state index is 12.2. The number of nitrogens with zero attached hydrogens (tertiary/aromatic N) is 1. The van der Waals surface area contributed by atoms with Gasteiger partial charge in [-0.2, -0.15) is 0 Å². The summed E-state index contributed by atoms with van der Waals surface area (Å²) >= 11 is 0. The summed E-state index contributed by atoms with van der Waals surface area (Å²) in [5, 5.41) is 0.